The average molecular weight is 473 g/mol. The fraction of sp³-hybridized carbons (Fsp3) is 0.222. The molecule has 2 amide bonds. The third-order valence-electron chi connectivity index (χ3n) is 5.71. The van der Waals surface area contributed by atoms with Crippen molar-refractivity contribution in [2.45, 2.75) is 40.2 Å². The lowest BCUT2D eigenvalue weighted by Crippen LogP contribution is -2.14. The minimum absolute atomic E-state index is 0.123. The van der Waals surface area contributed by atoms with Gasteiger partial charge in [-0.2, -0.15) is 0 Å². The van der Waals surface area contributed by atoms with E-state index in [4.69, 9.17) is 0 Å². The van der Waals surface area contributed by atoms with Crippen molar-refractivity contribution in [2.75, 3.05) is 10.6 Å². The second-order valence-electron chi connectivity index (χ2n) is 8.31. The number of anilines is 2. The predicted molar refractivity (Wildman–Crippen MR) is 138 cm³/mol. The summed E-state index contributed by atoms with van der Waals surface area (Å²) >= 11 is 1.43. The molecule has 0 aliphatic rings. The molecule has 0 spiro atoms. The summed E-state index contributed by atoms with van der Waals surface area (Å²) in [7, 11) is 0. The van der Waals surface area contributed by atoms with Crippen LogP contribution in [0.1, 0.15) is 29.4 Å². The molecule has 2 heterocycles. The van der Waals surface area contributed by atoms with E-state index in [0.29, 0.717) is 10.8 Å². The van der Waals surface area contributed by atoms with Gasteiger partial charge in [0.2, 0.25) is 11.8 Å². The summed E-state index contributed by atoms with van der Waals surface area (Å²) in [5.41, 5.74) is 7.24. The smallest absolute Gasteiger partial charge is 0.230 e. The van der Waals surface area contributed by atoms with Gasteiger partial charge in [0.05, 0.1) is 12.1 Å². The van der Waals surface area contributed by atoms with Crippen LogP contribution >= 0.6 is 11.3 Å². The molecule has 0 radical (unpaired) electrons. The van der Waals surface area contributed by atoms with E-state index in [1.807, 2.05) is 23.6 Å². The standard InChI is InChI=1S/C27H28N4O2S/c1-18-15-24(19(2)31(18)14-13-21-7-5-4-6-8-21)25-17-34-27(29-25)30-26(33)16-22-9-11-23(12-10-22)28-20(3)32/h4-12,15,17H,13-14,16H2,1-3H3,(H,28,32)(H,29,30,33). The predicted octanol–water partition coefficient (Wildman–Crippen LogP) is 5.61. The number of rotatable bonds is 8. The number of nitrogens with one attached hydrogen (secondary N) is 2. The molecule has 2 aromatic carbocycles. The number of aryl methyl sites for hydroxylation is 2. The summed E-state index contributed by atoms with van der Waals surface area (Å²) in [5.74, 6) is -0.247. The molecule has 174 valence electrons. The first kappa shape index (κ1) is 23.4. The molecule has 0 fully saturated rings. The highest BCUT2D eigenvalue weighted by Crippen LogP contribution is 2.30. The van der Waals surface area contributed by atoms with Crippen molar-refractivity contribution in [3.63, 3.8) is 0 Å². The quantitative estimate of drug-likeness (QED) is 0.350. The molecular formula is C27H28N4O2S. The van der Waals surface area contributed by atoms with Crippen molar-refractivity contribution in [2.24, 2.45) is 0 Å². The van der Waals surface area contributed by atoms with Crippen LogP contribution in [0.15, 0.2) is 66.0 Å². The maximum Gasteiger partial charge on any atom is 0.230 e. The first-order chi connectivity index (χ1) is 16.4. The molecule has 6 nitrogen and oxygen atoms in total. The Morgan fingerprint density at radius 2 is 1.71 bits per heavy atom. The molecule has 2 N–H and O–H groups in total. The Balaban J connectivity index is 1.39. The number of aromatic nitrogens is 2. The maximum absolute atomic E-state index is 12.5. The maximum atomic E-state index is 12.5. The van der Waals surface area contributed by atoms with Crippen LogP contribution in [0.2, 0.25) is 0 Å². The summed E-state index contributed by atoms with van der Waals surface area (Å²) in [6.45, 7) is 6.62. The van der Waals surface area contributed by atoms with E-state index >= 15 is 0 Å². The Morgan fingerprint density at radius 1 is 0.971 bits per heavy atom. The fourth-order valence-electron chi connectivity index (χ4n) is 4.00. The van der Waals surface area contributed by atoms with Crippen molar-refractivity contribution in [3.05, 3.63) is 88.6 Å². The lowest BCUT2D eigenvalue weighted by atomic mass is 10.1. The Morgan fingerprint density at radius 3 is 2.41 bits per heavy atom. The third kappa shape index (κ3) is 5.80. The first-order valence-electron chi connectivity index (χ1n) is 11.2. The molecule has 2 aromatic heterocycles. The number of hydrogen-bond acceptors (Lipinski definition) is 4. The monoisotopic (exact) mass is 472 g/mol. The molecule has 4 aromatic rings. The summed E-state index contributed by atoms with van der Waals surface area (Å²) in [5, 5.41) is 8.20. The summed E-state index contributed by atoms with van der Waals surface area (Å²) < 4.78 is 2.32. The van der Waals surface area contributed by atoms with Crippen molar-refractivity contribution < 1.29 is 9.59 Å². The normalized spacial score (nSPS) is 10.8. The van der Waals surface area contributed by atoms with E-state index in [0.717, 1.165) is 29.8 Å². The second kappa shape index (κ2) is 10.5. The van der Waals surface area contributed by atoms with Gasteiger partial charge < -0.3 is 15.2 Å². The minimum atomic E-state index is -0.124. The van der Waals surface area contributed by atoms with Crippen LogP contribution in [0.4, 0.5) is 10.8 Å². The third-order valence-corrected chi connectivity index (χ3v) is 6.46. The molecule has 0 saturated carbocycles. The number of carbonyl (C=O) groups is 2. The van der Waals surface area contributed by atoms with Crippen LogP contribution in [0.5, 0.6) is 0 Å². The van der Waals surface area contributed by atoms with Crippen LogP contribution in [0.3, 0.4) is 0 Å². The van der Waals surface area contributed by atoms with Crippen molar-refractivity contribution in [1.82, 2.24) is 9.55 Å². The van der Waals surface area contributed by atoms with Gasteiger partial charge in [0, 0.05) is 41.5 Å². The molecule has 4 rings (SSSR count). The lowest BCUT2D eigenvalue weighted by Gasteiger charge is -2.09. The fourth-order valence-corrected chi connectivity index (χ4v) is 4.73. The van der Waals surface area contributed by atoms with Gasteiger partial charge in [-0.15, -0.1) is 11.3 Å². The molecule has 0 atom stereocenters. The zero-order chi connectivity index (χ0) is 24.1. The molecule has 0 saturated heterocycles. The van der Waals surface area contributed by atoms with Gasteiger partial charge in [-0.1, -0.05) is 42.5 Å². The summed E-state index contributed by atoms with van der Waals surface area (Å²) in [6, 6.07) is 19.9. The van der Waals surface area contributed by atoms with Crippen LogP contribution < -0.4 is 10.6 Å². The second-order valence-corrected chi connectivity index (χ2v) is 9.17. The molecule has 0 aliphatic heterocycles. The van der Waals surface area contributed by atoms with Gasteiger partial charge in [0.15, 0.2) is 5.13 Å². The lowest BCUT2D eigenvalue weighted by molar-refractivity contribution is -0.116. The largest absolute Gasteiger partial charge is 0.348 e. The van der Waals surface area contributed by atoms with E-state index in [2.05, 4.69) is 64.4 Å². The van der Waals surface area contributed by atoms with Gasteiger partial charge in [-0.3, -0.25) is 9.59 Å². The average Bonchev–Trinajstić information content (AvgIpc) is 3.37. The van der Waals surface area contributed by atoms with Gasteiger partial charge in [0.1, 0.15) is 0 Å². The Bertz CT molecular complexity index is 1290. The van der Waals surface area contributed by atoms with Crippen LogP contribution in [0.25, 0.3) is 11.3 Å². The molecule has 0 aliphatic carbocycles. The number of carbonyl (C=O) groups excluding carboxylic acids is 2. The number of benzene rings is 2. The number of thiazole rings is 1. The van der Waals surface area contributed by atoms with E-state index in [1.54, 1.807) is 12.1 Å². The Labute approximate surface area is 203 Å². The summed E-state index contributed by atoms with van der Waals surface area (Å²) in [6.07, 6.45) is 1.21. The number of nitrogens with zero attached hydrogens (tertiary/aromatic N) is 2. The van der Waals surface area contributed by atoms with E-state index < -0.39 is 0 Å². The van der Waals surface area contributed by atoms with E-state index in [-0.39, 0.29) is 18.2 Å². The molecule has 0 unspecified atom stereocenters. The number of hydrogen-bond donors (Lipinski definition) is 2. The highest BCUT2D eigenvalue weighted by atomic mass is 32.1. The number of amides is 2. The molecule has 34 heavy (non-hydrogen) atoms. The van der Waals surface area contributed by atoms with Gasteiger partial charge in [0.25, 0.3) is 0 Å². The van der Waals surface area contributed by atoms with Crippen molar-refractivity contribution in [1.29, 1.82) is 0 Å². The Hall–Kier alpha value is -3.71. The Kier molecular flexibility index (Phi) is 7.23. The zero-order valence-electron chi connectivity index (χ0n) is 19.6. The van der Waals surface area contributed by atoms with Gasteiger partial charge >= 0.3 is 0 Å². The summed E-state index contributed by atoms with van der Waals surface area (Å²) in [4.78, 5) is 28.3. The highest BCUT2D eigenvalue weighted by Gasteiger charge is 2.15. The van der Waals surface area contributed by atoms with Crippen LogP contribution in [-0.2, 0) is 29.0 Å². The first-order valence-corrected chi connectivity index (χ1v) is 12.1. The van der Waals surface area contributed by atoms with Crippen molar-refractivity contribution >= 4 is 34.0 Å². The van der Waals surface area contributed by atoms with Crippen molar-refractivity contribution in [3.8, 4) is 11.3 Å². The SMILES string of the molecule is CC(=O)Nc1ccc(CC(=O)Nc2nc(-c3cc(C)n(CCc4ccccc4)c3C)cs2)cc1. The minimum Gasteiger partial charge on any atom is -0.348 e. The van der Waals surface area contributed by atoms with E-state index in [1.165, 1.54) is 35.2 Å². The van der Waals surface area contributed by atoms with Gasteiger partial charge in [-0.05, 0) is 49.6 Å². The van der Waals surface area contributed by atoms with E-state index in [9.17, 15) is 9.59 Å². The molecular weight excluding hydrogens is 444 g/mol. The highest BCUT2D eigenvalue weighted by molar-refractivity contribution is 7.14. The molecule has 0 bridgehead atoms. The zero-order valence-corrected chi connectivity index (χ0v) is 20.4. The van der Waals surface area contributed by atoms with Crippen LogP contribution in [-0.4, -0.2) is 21.4 Å². The topological polar surface area (TPSA) is 76.0 Å². The van der Waals surface area contributed by atoms with Gasteiger partial charge in [-0.25, -0.2) is 4.98 Å². The van der Waals surface area contributed by atoms with Crippen LogP contribution in [0, 0.1) is 13.8 Å². The molecule has 7 heteroatoms.